The minimum atomic E-state index is -0.361. The standard InChI is InChI=1S/C28H26FN5O2S/c29-22-13-21(33-28(36)32-20-6-7-20)5-4-18(22)12-19-9-10-30-24-14-25(37-27(19)24)23-8-3-17(15-31-23)16-34-11-1-2-26(34)35/h3-5,8-10,13-15,20H,1-2,6-7,11-12,16H2,(H2,32,33,36). The van der Waals surface area contributed by atoms with Gasteiger partial charge in [0.05, 0.1) is 20.8 Å². The molecule has 0 spiro atoms. The third-order valence-electron chi connectivity index (χ3n) is 6.72. The number of anilines is 1. The van der Waals surface area contributed by atoms with Crippen LogP contribution in [0.3, 0.4) is 0 Å². The normalized spacial score (nSPS) is 15.4. The second-order valence-electron chi connectivity index (χ2n) is 9.62. The lowest BCUT2D eigenvalue weighted by Gasteiger charge is -2.15. The molecule has 6 rings (SSSR count). The molecule has 3 aromatic heterocycles. The lowest BCUT2D eigenvalue weighted by Crippen LogP contribution is -2.30. The van der Waals surface area contributed by atoms with Gasteiger partial charge in [0.15, 0.2) is 0 Å². The highest BCUT2D eigenvalue weighted by Gasteiger charge is 2.23. The van der Waals surface area contributed by atoms with Crippen LogP contribution in [0.2, 0.25) is 0 Å². The number of hydrogen-bond acceptors (Lipinski definition) is 5. The fourth-order valence-electron chi connectivity index (χ4n) is 4.57. The van der Waals surface area contributed by atoms with E-state index in [0.29, 0.717) is 30.6 Å². The van der Waals surface area contributed by atoms with Crippen LogP contribution in [0, 0.1) is 5.82 Å². The monoisotopic (exact) mass is 515 g/mol. The lowest BCUT2D eigenvalue weighted by molar-refractivity contribution is -0.128. The van der Waals surface area contributed by atoms with E-state index in [1.54, 1.807) is 29.7 Å². The topological polar surface area (TPSA) is 87.2 Å². The molecule has 7 nitrogen and oxygen atoms in total. The number of fused-ring (bicyclic) bond motifs is 1. The minimum absolute atomic E-state index is 0.202. The molecule has 4 heterocycles. The molecule has 0 bridgehead atoms. The highest BCUT2D eigenvalue weighted by Crippen LogP contribution is 2.35. The van der Waals surface area contributed by atoms with Gasteiger partial charge in [-0.3, -0.25) is 14.8 Å². The predicted octanol–water partition coefficient (Wildman–Crippen LogP) is 5.49. The predicted molar refractivity (Wildman–Crippen MR) is 142 cm³/mol. The van der Waals surface area contributed by atoms with Gasteiger partial charge in [0, 0.05) is 50.1 Å². The molecule has 4 aromatic rings. The summed E-state index contributed by atoms with van der Waals surface area (Å²) in [6, 6.07) is 12.7. The average molecular weight is 516 g/mol. The van der Waals surface area contributed by atoms with Crippen LogP contribution in [0.15, 0.2) is 54.9 Å². The van der Waals surface area contributed by atoms with Gasteiger partial charge in [0.2, 0.25) is 5.91 Å². The molecule has 1 aliphatic heterocycles. The number of pyridine rings is 2. The van der Waals surface area contributed by atoms with E-state index in [9.17, 15) is 14.0 Å². The van der Waals surface area contributed by atoms with Crippen molar-refractivity contribution in [2.45, 2.75) is 44.7 Å². The molecule has 1 saturated carbocycles. The van der Waals surface area contributed by atoms with E-state index in [-0.39, 0.29) is 23.8 Å². The van der Waals surface area contributed by atoms with Crippen LogP contribution in [0.25, 0.3) is 20.8 Å². The number of nitrogens with one attached hydrogen (secondary N) is 2. The van der Waals surface area contributed by atoms with E-state index < -0.39 is 0 Å². The van der Waals surface area contributed by atoms with Crippen LogP contribution in [-0.4, -0.2) is 39.4 Å². The first-order valence-electron chi connectivity index (χ1n) is 12.5. The van der Waals surface area contributed by atoms with Crippen LogP contribution in [0.5, 0.6) is 0 Å². The summed E-state index contributed by atoms with van der Waals surface area (Å²) in [6.45, 7) is 1.40. The van der Waals surface area contributed by atoms with E-state index in [1.807, 2.05) is 35.4 Å². The van der Waals surface area contributed by atoms with Crippen LogP contribution in [0.4, 0.5) is 14.9 Å². The summed E-state index contributed by atoms with van der Waals surface area (Å²) < 4.78 is 15.9. The van der Waals surface area contributed by atoms with Crippen molar-refractivity contribution in [3.05, 3.63) is 77.4 Å². The summed E-state index contributed by atoms with van der Waals surface area (Å²) >= 11 is 1.59. The highest BCUT2D eigenvalue weighted by molar-refractivity contribution is 7.22. The fraction of sp³-hybridized carbons (Fsp3) is 0.286. The fourth-order valence-corrected chi connectivity index (χ4v) is 5.67. The van der Waals surface area contributed by atoms with Crippen molar-refractivity contribution in [1.29, 1.82) is 0 Å². The Morgan fingerprint density at radius 3 is 2.73 bits per heavy atom. The Kier molecular flexibility index (Phi) is 6.30. The van der Waals surface area contributed by atoms with Crippen molar-refractivity contribution in [3.8, 4) is 10.6 Å². The molecular formula is C28H26FN5O2S. The van der Waals surface area contributed by atoms with Crippen LogP contribution in [-0.2, 0) is 17.8 Å². The molecule has 0 atom stereocenters. The van der Waals surface area contributed by atoms with Gasteiger partial charge in [-0.25, -0.2) is 9.18 Å². The molecule has 2 fully saturated rings. The smallest absolute Gasteiger partial charge is 0.319 e. The largest absolute Gasteiger partial charge is 0.338 e. The summed E-state index contributed by atoms with van der Waals surface area (Å²) in [5, 5.41) is 5.53. The van der Waals surface area contributed by atoms with Crippen molar-refractivity contribution < 1.29 is 14.0 Å². The molecule has 9 heteroatoms. The molecule has 37 heavy (non-hydrogen) atoms. The van der Waals surface area contributed by atoms with Gasteiger partial charge < -0.3 is 15.5 Å². The number of benzene rings is 1. The number of carbonyl (C=O) groups is 2. The van der Waals surface area contributed by atoms with Crippen molar-refractivity contribution in [3.63, 3.8) is 0 Å². The number of thiophene rings is 1. The maximum Gasteiger partial charge on any atom is 0.319 e. The van der Waals surface area contributed by atoms with E-state index in [2.05, 4.69) is 20.6 Å². The number of hydrogen-bond donors (Lipinski definition) is 2. The Morgan fingerprint density at radius 2 is 2.00 bits per heavy atom. The third kappa shape index (κ3) is 5.32. The molecule has 1 saturated heterocycles. The molecule has 0 radical (unpaired) electrons. The number of likely N-dealkylation sites (tertiary alicyclic amines) is 1. The van der Waals surface area contributed by atoms with Gasteiger partial charge in [-0.1, -0.05) is 12.1 Å². The van der Waals surface area contributed by atoms with E-state index in [0.717, 1.165) is 57.7 Å². The maximum atomic E-state index is 14.9. The number of halogens is 1. The van der Waals surface area contributed by atoms with E-state index in [1.165, 1.54) is 6.07 Å². The molecule has 1 aromatic carbocycles. The summed E-state index contributed by atoms with van der Waals surface area (Å²) in [4.78, 5) is 35.9. The maximum absolute atomic E-state index is 14.9. The second kappa shape index (κ2) is 9.89. The molecule has 2 aliphatic rings. The van der Waals surface area contributed by atoms with Crippen LogP contribution in [0.1, 0.15) is 42.4 Å². The number of nitrogens with zero attached hydrogens (tertiary/aromatic N) is 3. The van der Waals surface area contributed by atoms with Crippen molar-refractivity contribution in [1.82, 2.24) is 20.2 Å². The number of rotatable bonds is 7. The second-order valence-corrected chi connectivity index (χ2v) is 10.7. The Hall–Kier alpha value is -3.85. The highest BCUT2D eigenvalue weighted by atomic mass is 32.1. The number of aromatic nitrogens is 2. The van der Waals surface area contributed by atoms with Crippen LogP contribution >= 0.6 is 11.3 Å². The Bertz CT molecular complexity index is 1480. The van der Waals surface area contributed by atoms with Gasteiger partial charge in [0.1, 0.15) is 5.82 Å². The molecule has 3 amide bonds. The average Bonchev–Trinajstić information content (AvgIpc) is 3.43. The lowest BCUT2D eigenvalue weighted by atomic mass is 10.0. The molecular weight excluding hydrogens is 489 g/mol. The first-order valence-corrected chi connectivity index (χ1v) is 13.3. The molecule has 1 aliphatic carbocycles. The third-order valence-corrected chi connectivity index (χ3v) is 7.94. The van der Waals surface area contributed by atoms with Gasteiger partial charge in [0.25, 0.3) is 0 Å². The number of carbonyl (C=O) groups excluding carboxylic acids is 2. The van der Waals surface area contributed by atoms with Gasteiger partial charge in [-0.2, -0.15) is 0 Å². The Morgan fingerprint density at radius 1 is 1.11 bits per heavy atom. The molecule has 188 valence electrons. The Balaban J connectivity index is 1.18. The summed E-state index contributed by atoms with van der Waals surface area (Å²) in [5.41, 5.74) is 4.67. The SMILES string of the molecule is O=C(Nc1ccc(Cc2ccnc3cc(-c4ccc(CN5CCCC5=O)cn4)sc23)c(F)c1)NC1CC1. The van der Waals surface area contributed by atoms with Crippen molar-refractivity contribution in [2.75, 3.05) is 11.9 Å². The zero-order chi connectivity index (χ0) is 25.4. The minimum Gasteiger partial charge on any atom is -0.338 e. The zero-order valence-corrected chi connectivity index (χ0v) is 21.0. The zero-order valence-electron chi connectivity index (χ0n) is 20.2. The first kappa shape index (κ1) is 23.5. The summed E-state index contributed by atoms with van der Waals surface area (Å²) in [7, 11) is 0. The molecule has 2 N–H and O–H groups in total. The van der Waals surface area contributed by atoms with Crippen molar-refractivity contribution in [2.24, 2.45) is 0 Å². The quantitative estimate of drug-likeness (QED) is 0.341. The van der Waals surface area contributed by atoms with Gasteiger partial charge >= 0.3 is 6.03 Å². The first-order chi connectivity index (χ1) is 18.0. The van der Waals surface area contributed by atoms with Gasteiger partial charge in [-0.05, 0) is 66.3 Å². The summed E-state index contributed by atoms with van der Waals surface area (Å²) in [5.74, 6) is -0.159. The van der Waals surface area contributed by atoms with E-state index in [4.69, 9.17) is 0 Å². The summed E-state index contributed by atoms with van der Waals surface area (Å²) in [6.07, 6.45) is 7.52. The molecule has 0 unspecified atom stereocenters. The number of urea groups is 1. The Labute approximate surface area is 217 Å². The number of amides is 3. The van der Waals surface area contributed by atoms with Gasteiger partial charge in [-0.15, -0.1) is 11.3 Å². The van der Waals surface area contributed by atoms with E-state index >= 15 is 0 Å². The van der Waals surface area contributed by atoms with Crippen LogP contribution < -0.4 is 10.6 Å². The van der Waals surface area contributed by atoms with Crippen molar-refractivity contribution >= 4 is 39.2 Å².